The second kappa shape index (κ2) is 6.75. The van der Waals surface area contributed by atoms with Gasteiger partial charge in [-0.3, -0.25) is 4.99 Å². The standard InChI is InChI=1S/C19H16BrNO/c1-22-18-11-3-14(4-12-18)2-9-17-10-13-19(21-17)15-5-7-16(20)8-6-15/h2-9,11-13H,10H2,1H3/b9-2+. The van der Waals surface area contributed by atoms with Gasteiger partial charge < -0.3 is 4.74 Å². The van der Waals surface area contributed by atoms with Crippen molar-refractivity contribution in [3.05, 3.63) is 76.3 Å². The van der Waals surface area contributed by atoms with Crippen LogP contribution in [0.4, 0.5) is 0 Å². The number of nitrogens with zero attached hydrogens (tertiary/aromatic N) is 1. The zero-order valence-corrected chi connectivity index (χ0v) is 13.9. The third-order valence-electron chi connectivity index (χ3n) is 3.49. The number of methoxy groups -OCH3 is 1. The number of hydrogen-bond acceptors (Lipinski definition) is 2. The van der Waals surface area contributed by atoms with Crippen LogP contribution >= 0.6 is 15.9 Å². The van der Waals surface area contributed by atoms with Crippen LogP contribution in [-0.4, -0.2) is 12.8 Å². The summed E-state index contributed by atoms with van der Waals surface area (Å²) in [6, 6.07) is 16.2. The Balaban J connectivity index is 1.70. The number of aliphatic imine (C=N–C) groups is 1. The fourth-order valence-corrected chi connectivity index (χ4v) is 2.53. The van der Waals surface area contributed by atoms with Crippen molar-refractivity contribution in [1.29, 1.82) is 0 Å². The summed E-state index contributed by atoms with van der Waals surface area (Å²) in [7, 11) is 1.67. The molecule has 0 aliphatic carbocycles. The predicted octanol–water partition coefficient (Wildman–Crippen LogP) is 5.36. The lowest BCUT2D eigenvalue weighted by Crippen LogP contribution is -1.86. The molecule has 3 heteroatoms. The van der Waals surface area contributed by atoms with Crippen molar-refractivity contribution in [3.63, 3.8) is 0 Å². The molecule has 0 N–H and O–H groups in total. The molecule has 110 valence electrons. The van der Waals surface area contributed by atoms with Gasteiger partial charge in [-0.2, -0.15) is 0 Å². The maximum absolute atomic E-state index is 5.16. The lowest BCUT2D eigenvalue weighted by atomic mass is 10.1. The Morgan fingerprint density at radius 2 is 1.73 bits per heavy atom. The molecule has 1 aliphatic heterocycles. The Hall–Kier alpha value is -2.13. The summed E-state index contributed by atoms with van der Waals surface area (Å²) in [5.41, 5.74) is 4.41. The van der Waals surface area contributed by atoms with E-state index < -0.39 is 0 Å². The summed E-state index contributed by atoms with van der Waals surface area (Å²) in [5.74, 6) is 0.870. The number of halogens is 1. The molecule has 22 heavy (non-hydrogen) atoms. The smallest absolute Gasteiger partial charge is 0.118 e. The van der Waals surface area contributed by atoms with E-state index in [0.29, 0.717) is 0 Å². The van der Waals surface area contributed by atoms with Crippen LogP contribution in [0.25, 0.3) is 11.8 Å². The van der Waals surface area contributed by atoms with Crippen LogP contribution in [0.5, 0.6) is 5.75 Å². The Morgan fingerprint density at radius 3 is 2.41 bits per heavy atom. The SMILES string of the molecule is COc1ccc(/C=C/C2=NC(c3ccc(Br)cc3)=CC2)cc1. The lowest BCUT2D eigenvalue weighted by Gasteiger charge is -1.99. The van der Waals surface area contributed by atoms with Crippen molar-refractivity contribution < 1.29 is 4.74 Å². The molecule has 0 spiro atoms. The van der Waals surface area contributed by atoms with E-state index in [1.807, 2.05) is 36.4 Å². The van der Waals surface area contributed by atoms with Gasteiger partial charge in [-0.1, -0.05) is 52.3 Å². The van der Waals surface area contributed by atoms with Gasteiger partial charge in [0.2, 0.25) is 0 Å². The van der Waals surface area contributed by atoms with Gasteiger partial charge in [-0.15, -0.1) is 0 Å². The molecule has 0 radical (unpaired) electrons. The molecule has 0 aromatic heterocycles. The molecule has 0 atom stereocenters. The molecule has 2 aromatic rings. The summed E-state index contributed by atoms with van der Waals surface area (Å²) < 4.78 is 6.24. The molecule has 0 saturated heterocycles. The Morgan fingerprint density at radius 1 is 1.00 bits per heavy atom. The summed E-state index contributed by atoms with van der Waals surface area (Å²) in [4.78, 5) is 4.69. The van der Waals surface area contributed by atoms with Gasteiger partial charge in [0.1, 0.15) is 5.75 Å². The zero-order valence-electron chi connectivity index (χ0n) is 12.3. The molecule has 0 saturated carbocycles. The Bertz CT molecular complexity index is 740. The van der Waals surface area contributed by atoms with Crippen molar-refractivity contribution in [3.8, 4) is 5.75 Å². The van der Waals surface area contributed by atoms with Crippen molar-refractivity contribution in [1.82, 2.24) is 0 Å². The normalized spacial score (nSPS) is 14.1. The van der Waals surface area contributed by atoms with Crippen molar-refractivity contribution in [2.45, 2.75) is 6.42 Å². The van der Waals surface area contributed by atoms with Crippen LogP contribution in [0.1, 0.15) is 17.5 Å². The van der Waals surface area contributed by atoms with Gasteiger partial charge in [-0.05, 0) is 41.5 Å². The van der Waals surface area contributed by atoms with Crippen LogP contribution < -0.4 is 4.74 Å². The second-order valence-electron chi connectivity index (χ2n) is 5.01. The molecule has 2 aromatic carbocycles. The number of rotatable bonds is 4. The highest BCUT2D eigenvalue weighted by atomic mass is 79.9. The van der Waals surface area contributed by atoms with Gasteiger partial charge >= 0.3 is 0 Å². The first-order valence-corrected chi connectivity index (χ1v) is 7.90. The van der Waals surface area contributed by atoms with E-state index in [4.69, 9.17) is 4.74 Å². The summed E-state index contributed by atoms with van der Waals surface area (Å²) in [5, 5.41) is 0. The monoisotopic (exact) mass is 353 g/mol. The third-order valence-corrected chi connectivity index (χ3v) is 4.02. The lowest BCUT2D eigenvalue weighted by molar-refractivity contribution is 0.415. The number of hydrogen-bond donors (Lipinski definition) is 0. The maximum atomic E-state index is 5.16. The minimum absolute atomic E-state index is 0.870. The van der Waals surface area contributed by atoms with Crippen LogP contribution in [-0.2, 0) is 0 Å². The van der Waals surface area contributed by atoms with Gasteiger partial charge in [0.25, 0.3) is 0 Å². The zero-order chi connectivity index (χ0) is 15.4. The Kier molecular flexibility index (Phi) is 4.54. The van der Waals surface area contributed by atoms with Gasteiger partial charge in [0, 0.05) is 16.6 Å². The molecule has 0 unspecified atom stereocenters. The largest absolute Gasteiger partial charge is 0.497 e. The van der Waals surface area contributed by atoms with E-state index in [2.05, 4.69) is 51.3 Å². The average molecular weight is 354 g/mol. The number of benzene rings is 2. The first-order chi connectivity index (χ1) is 10.7. The van der Waals surface area contributed by atoms with Crippen molar-refractivity contribution in [2.75, 3.05) is 7.11 Å². The molecule has 1 aliphatic rings. The number of allylic oxidation sites excluding steroid dienone is 2. The average Bonchev–Trinajstić information content (AvgIpc) is 3.03. The molecule has 0 fully saturated rings. The molecule has 0 amide bonds. The molecule has 1 heterocycles. The van der Waals surface area contributed by atoms with Crippen LogP contribution in [0.3, 0.4) is 0 Å². The molecular formula is C19H16BrNO. The molecule has 3 rings (SSSR count). The van der Waals surface area contributed by atoms with E-state index in [1.165, 1.54) is 0 Å². The summed E-state index contributed by atoms with van der Waals surface area (Å²) in [6.07, 6.45) is 7.19. The van der Waals surface area contributed by atoms with Crippen LogP contribution in [0, 0.1) is 0 Å². The fourth-order valence-electron chi connectivity index (χ4n) is 2.26. The highest BCUT2D eigenvalue weighted by Crippen LogP contribution is 2.24. The quantitative estimate of drug-likeness (QED) is 0.725. The highest BCUT2D eigenvalue weighted by Gasteiger charge is 2.08. The van der Waals surface area contributed by atoms with E-state index in [0.717, 1.165) is 39.2 Å². The van der Waals surface area contributed by atoms with Crippen LogP contribution in [0.15, 0.2) is 70.1 Å². The maximum Gasteiger partial charge on any atom is 0.118 e. The summed E-state index contributed by atoms with van der Waals surface area (Å²) in [6.45, 7) is 0. The molecule has 0 bridgehead atoms. The first kappa shape index (κ1) is 14.8. The van der Waals surface area contributed by atoms with Crippen LogP contribution in [0.2, 0.25) is 0 Å². The first-order valence-electron chi connectivity index (χ1n) is 7.10. The molecular weight excluding hydrogens is 338 g/mol. The van der Waals surface area contributed by atoms with E-state index in [1.54, 1.807) is 7.11 Å². The van der Waals surface area contributed by atoms with Crippen molar-refractivity contribution >= 4 is 33.4 Å². The van der Waals surface area contributed by atoms with Gasteiger partial charge in [0.05, 0.1) is 12.8 Å². The Labute approximate surface area is 139 Å². The van der Waals surface area contributed by atoms with E-state index in [9.17, 15) is 0 Å². The highest BCUT2D eigenvalue weighted by molar-refractivity contribution is 9.10. The number of ether oxygens (including phenoxy) is 1. The topological polar surface area (TPSA) is 21.6 Å². The minimum atomic E-state index is 0.870. The predicted molar refractivity (Wildman–Crippen MR) is 96.2 cm³/mol. The molecule has 2 nitrogen and oxygen atoms in total. The third kappa shape index (κ3) is 3.55. The summed E-state index contributed by atoms with van der Waals surface area (Å²) >= 11 is 3.45. The fraction of sp³-hybridized carbons (Fsp3) is 0.105. The van der Waals surface area contributed by atoms with Gasteiger partial charge in [-0.25, -0.2) is 0 Å². The van der Waals surface area contributed by atoms with Crippen molar-refractivity contribution in [2.24, 2.45) is 4.99 Å². The van der Waals surface area contributed by atoms with E-state index >= 15 is 0 Å². The van der Waals surface area contributed by atoms with E-state index in [-0.39, 0.29) is 0 Å². The van der Waals surface area contributed by atoms with Gasteiger partial charge in [0.15, 0.2) is 0 Å². The second-order valence-corrected chi connectivity index (χ2v) is 5.93. The minimum Gasteiger partial charge on any atom is -0.497 e.